The van der Waals surface area contributed by atoms with Gasteiger partial charge in [0, 0.05) is 45.2 Å². The van der Waals surface area contributed by atoms with E-state index in [2.05, 4.69) is 15.4 Å². The van der Waals surface area contributed by atoms with Crippen LogP contribution in [-0.2, 0) is 4.79 Å². The predicted molar refractivity (Wildman–Crippen MR) is 107 cm³/mol. The number of rotatable bonds is 5. The number of amides is 1. The fourth-order valence-electron chi connectivity index (χ4n) is 4.62. The summed E-state index contributed by atoms with van der Waals surface area (Å²) in [5, 5.41) is 7.41. The quantitative estimate of drug-likeness (QED) is 0.826. The van der Waals surface area contributed by atoms with Gasteiger partial charge in [0.2, 0.25) is 11.5 Å². The van der Waals surface area contributed by atoms with Gasteiger partial charge in [0.1, 0.15) is 5.82 Å². The second kappa shape index (κ2) is 8.65. The van der Waals surface area contributed by atoms with E-state index < -0.39 is 11.6 Å². The molecule has 8 heteroatoms. The van der Waals surface area contributed by atoms with Crippen LogP contribution < -0.4 is 10.2 Å². The Morgan fingerprint density at radius 3 is 2.59 bits per heavy atom. The average Bonchev–Trinajstić information content (AvgIpc) is 3.11. The number of hydrogen-bond donors (Lipinski definition) is 1. The number of anilines is 1. The Kier molecular flexibility index (Phi) is 5.99. The molecule has 0 spiro atoms. The normalized spacial score (nSPS) is 23.5. The van der Waals surface area contributed by atoms with Crippen LogP contribution >= 0.6 is 0 Å². The number of hydrogen-bond acceptors (Lipinski definition) is 5. The van der Waals surface area contributed by atoms with Gasteiger partial charge in [-0.3, -0.25) is 9.69 Å². The molecule has 2 fully saturated rings. The van der Waals surface area contributed by atoms with Gasteiger partial charge in [-0.05, 0) is 50.6 Å². The standard InChI is InChI=1S/C21H28F2N4O2/c1-14(28)24-17-4-2-15(3-5-17)6-7-26-8-10-27(11-9-26)21-18-12-16(22)13-19(23)20(18)29-25-21/h12-13,15,17H,2-11H2,1H3,(H,24,28). The van der Waals surface area contributed by atoms with Crippen LogP contribution in [0.25, 0.3) is 11.0 Å². The lowest BCUT2D eigenvalue weighted by Crippen LogP contribution is -2.47. The molecule has 0 bridgehead atoms. The largest absolute Gasteiger partial charge is 0.354 e. The fourth-order valence-corrected chi connectivity index (χ4v) is 4.62. The maximum atomic E-state index is 13.8. The Hall–Kier alpha value is -2.22. The predicted octanol–water partition coefficient (Wildman–Crippen LogP) is 3.31. The Morgan fingerprint density at radius 1 is 1.17 bits per heavy atom. The molecule has 2 aliphatic rings. The molecule has 29 heavy (non-hydrogen) atoms. The molecule has 1 amide bonds. The highest BCUT2D eigenvalue weighted by molar-refractivity contribution is 5.89. The highest BCUT2D eigenvalue weighted by Gasteiger charge is 2.25. The maximum Gasteiger partial charge on any atom is 0.217 e. The molecule has 1 aromatic heterocycles. The number of halogens is 2. The molecular weight excluding hydrogens is 378 g/mol. The number of aromatic nitrogens is 1. The van der Waals surface area contributed by atoms with E-state index in [-0.39, 0.29) is 11.5 Å². The number of nitrogens with one attached hydrogen (secondary N) is 1. The zero-order chi connectivity index (χ0) is 20.4. The van der Waals surface area contributed by atoms with Crippen LogP contribution in [-0.4, -0.2) is 54.7 Å². The summed E-state index contributed by atoms with van der Waals surface area (Å²) in [4.78, 5) is 15.7. The molecule has 1 aliphatic heterocycles. The molecule has 6 nitrogen and oxygen atoms in total. The molecule has 0 radical (unpaired) electrons. The van der Waals surface area contributed by atoms with Gasteiger partial charge in [-0.15, -0.1) is 0 Å². The van der Waals surface area contributed by atoms with Crippen LogP contribution in [0.15, 0.2) is 16.7 Å². The summed E-state index contributed by atoms with van der Waals surface area (Å²) in [5.74, 6) is -0.0218. The first-order chi connectivity index (χ1) is 14.0. The number of nitrogens with zero attached hydrogens (tertiary/aromatic N) is 3. The molecule has 1 aliphatic carbocycles. The lowest BCUT2D eigenvalue weighted by Gasteiger charge is -2.36. The Labute approximate surface area is 169 Å². The molecule has 2 heterocycles. The van der Waals surface area contributed by atoms with Crippen molar-refractivity contribution in [2.45, 2.75) is 45.1 Å². The Morgan fingerprint density at radius 2 is 1.90 bits per heavy atom. The maximum absolute atomic E-state index is 13.8. The van der Waals surface area contributed by atoms with Crippen LogP contribution in [0.5, 0.6) is 0 Å². The molecule has 0 unspecified atom stereocenters. The van der Waals surface area contributed by atoms with Gasteiger partial charge >= 0.3 is 0 Å². The summed E-state index contributed by atoms with van der Waals surface area (Å²) in [6.07, 6.45) is 5.67. The fraction of sp³-hybridized carbons (Fsp3) is 0.619. The molecule has 1 aromatic carbocycles. The van der Waals surface area contributed by atoms with Crippen molar-refractivity contribution in [1.82, 2.24) is 15.4 Å². The van der Waals surface area contributed by atoms with Crippen LogP contribution in [0.4, 0.5) is 14.6 Å². The van der Waals surface area contributed by atoms with E-state index in [0.717, 1.165) is 57.5 Å². The first-order valence-electron chi connectivity index (χ1n) is 10.5. The summed E-state index contributed by atoms with van der Waals surface area (Å²) < 4.78 is 32.5. The number of benzene rings is 1. The molecule has 4 rings (SSSR count). The van der Waals surface area contributed by atoms with E-state index in [1.807, 2.05) is 4.90 Å². The van der Waals surface area contributed by atoms with Crippen molar-refractivity contribution in [3.63, 3.8) is 0 Å². The van der Waals surface area contributed by atoms with Crippen molar-refractivity contribution >= 4 is 22.7 Å². The lowest BCUT2D eigenvalue weighted by atomic mass is 9.84. The summed E-state index contributed by atoms with van der Waals surface area (Å²) in [7, 11) is 0. The van der Waals surface area contributed by atoms with Crippen molar-refractivity contribution < 1.29 is 18.1 Å². The first kappa shape index (κ1) is 20.1. The Balaban J connectivity index is 1.25. The summed E-state index contributed by atoms with van der Waals surface area (Å²) in [6, 6.07) is 2.45. The third-order valence-electron chi connectivity index (χ3n) is 6.25. The van der Waals surface area contributed by atoms with Crippen molar-refractivity contribution in [2.75, 3.05) is 37.6 Å². The first-order valence-corrected chi connectivity index (χ1v) is 10.5. The van der Waals surface area contributed by atoms with Gasteiger partial charge in [0.25, 0.3) is 0 Å². The SMILES string of the molecule is CC(=O)NC1CCC(CCN2CCN(c3noc4c(F)cc(F)cc34)CC2)CC1. The average molecular weight is 406 g/mol. The van der Waals surface area contributed by atoms with E-state index >= 15 is 0 Å². The summed E-state index contributed by atoms with van der Waals surface area (Å²) >= 11 is 0. The van der Waals surface area contributed by atoms with E-state index in [4.69, 9.17) is 4.52 Å². The van der Waals surface area contributed by atoms with Crippen molar-refractivity contribution in [3.05, 3.63) is 23.8 Å². The topological polar surface area (TPSA) is 61.6 Å². The number of piperazine rings is 1. The summed E-state index contributed by atoms with van der Waals surface area (Å²) in [5.41, 5.74) is 0.0127. The number of fused-ring (bicyclic) bond motifs is 1. The van der Waals surface area contributed by atoms with Gasteiger partial charge in [0.05, 0.1) is 5.39 Å². The highest BCUT2D eigenvalue weighted by atomic mass is 19.1. The van der Waals surface area contributed by atoms with E-state index in [1.54, 1.807) is 6.92 Å². The van der Waals surface area contributed by atoms with Crippen LogP contribution in [0, 0.1) is 17.6 Å². The minimum absolute atomic E-state index is 0.0127. The van der Waals surface area contributed by atoms with Crippen molar-refractivity contribution in [3.8, 4) is 0 Å². The molecule has 1 saturated heterocycles. The molecule has 1 N–H and O–H groups in total. The van der Waals surface area contributed by atoms with Crippen molar-refractivity contribution in [1.29, 1.82) is 0 Å². The molecule has 0 atom stereocenters. The molecule has 158 valence electrons. The highest BCUT2D eigenvalue weighted by Crippen LogP contribution is 2.30. The molecular formula is C21H28F2N4O2. The van der Waals surface area contributed by atoms with Gasteiger partial charge in [0.15, 0.2) is 11.6 Å². The lowest BCUT2D eigenvalue weighted by molar-refractivity contribution is -0.119. The second-order valence-electron chi connectivity index (χ2n) is 8.31. The second-order valence-corrected chi connectivity index (χ2v) is 8.31. The zero-order valence-corrected chi connectivity index (χ0v) is 16.8. The monoisotopic (exact) mass is 406 g/mol. The van der Waals surface area contributed by atoms with Crippen LogP contribution in [0.2, 0.25) is 0 Å². The van der Waals surface area contributed by atoms with Crippen molar-refractivity contribution in [2.24, 2.45) is 5.92 Å². The van der Waals surface area contributed by atoms with Gasteiger partial charge in [-0.25, -0.2) is 8.78 Å². The van der Waals surface area contributed by atoms with E-state index in [1.165, 1.54) is 25.3 Å². The van der Waals surface area contributed by atoms with Crippen LogP contribution in [0.1, 0.15) is 39.0 Å². The minimum Gasteiger partial charge on any atom is -0.354 e. The van der Waals surface area contributed by atoms with Crippen LogP contribution in [0.3, 0.4) is 0 Å². The molecule has 2 aromatic rings. The number of carbonyl (C=O) groups is 1. The van der Waals surface area contributed by atoms with E-state index in [9.17, 15) is 13.6 Å². The molecule has 1 saturated carbocycles. The third-order valence-corrected chi connectivity index (χ3v) is 6.25. The van der Waals surface area contributed by atoms with E-state index in [0.29, 0.717) is 17.2 Å². The Bertz CT molecular complexity index is 856. The summed E-state index contributed by atoms with van der Waals surface area (Å²) in [6.45, 7) is 5.96. The smallest absolute Gasteiger partial charge is 0.217 e. The third kappa shape index (κ3) is 4.69. The van der Waals surface area contributed by atoms with Gasteiger partial charge in [-0.1, -0.05) is 5.16 Å². The van der Waals surface area contributed by atoms with Gasteiger partial charge in [-0.2, -0.15) is 0 Å². The van der Waals surface area contributed by atoms with Gasteiger partial charge < -0.3 is 14.7 Å². The zero-order valence-electron chi connectivity index (χ0n) is 16.8. The number of carbonyl (C=O) groups excluding carboxylic acids is 1. The minimum atomic E-state index is -0.717.